The zero-order valence-electron chi connectivity index (χ0n) is 13.4. The van der Waals surface area contributed by atoms with Crippen molar-refractivity contribution >= 4 is 34.1 Å². The summed E-state index contributed by atoms with van der Waals surface area (Å²) in [5.74, 6) is -2.22. The summed E-state index contributed by atoms with van der Waals surface area (Å²) in [6.45, 7) is 5.18. The standard InChI is InChI=1S/C15H17N3O5S/c1-3-23-15(21)12(19)17-13-10(8-16)9(2)11(24-13)14(20)18-4-6-22-7-5-18/h3-7H2,1-2H3,(H,17,19). The van der Waals surface area contributed by atoms with Crippen LogP contribution in [0.1, 0.15) is 27.7 Å². The quantitative estimate of drug-likeness (QED) is 0.640. The van der Waals surface area contributed by atoms with Crippen molar-refractivity contribution in [1.29, 1.82) is 5.26 Å². The number of nitrogens with one attached hydrogen (secondary N) is 1. The summed E-state index contributed by atoms with van der Waals surface area (Å²) < 4.78 is 9.83. The largest absolute Gasteiger partial charge is 0.459 e. The summed E-state index contributed by atoms with van der Waals surface area (Å²) in [6, 6.07) is 1.97. The number of amides is 2. The second-order valence-corrected chi connectivity index (χ2v) is 5.97. The molecule has 1 saturated heterocycles. The molecule has 1 aromatic rings. The highest BCUT2D eigenvalue weighted by Gasteiger charge is 2.27. The second-order valence-electron chi connectivity index (χ2n) is 4.95. The SMILES string of the molecule is CCOC(=O)C(=O)Nc1sc(C(=O)N2CCOCC2)c(C)c1C#N. The number of ether oxygens (including phenoxy) is 2. The van der Waals surface area contributed by atoms with E-state index < -0.39 is 11.9 Å². The van der Waals surface area contributed by atoms with Gasteiger partial charge in [-0.3, -0.25) is 9.59 Å². The first-order valence-electron chi connectivity index (χ1n) is 7.38. The summed E-state index contributed by atoms with van der Waals surface area (Å²) in [5.41, 5.74) is 0.660. The van der Waals surface area contributed by atoms with Gasteiger partial charge in [0.1, 0.15) is 11.1 Å². The zero-order valence-corrected chi connectivity index (χ0v) is 14.2. The number of hydrogen-bond donors (Lipinski definition) is 1. The number of nitrogens with zero attached hydrogens (tertiary/aromatic N) is 2. The van der Waals surface area contributed by atoms with Crippen molar-refractivity contribution in [2.24, 2.45) is 0 Å². The van der Waals surface area contributed by atoms with E-state index in [1.54, 1.807) is 18.7 Å². The molecule has 1 aromatic heterocycles. The maximum atomic E-state index is 12.6. The van der Waals surface area contributed by atoms with E-state index in [4.69, 9.17) is 4.74 Å². The van der Waals surface area contributed by atoms with Crippen molar-refractivity contribution in [1.82, 2.24) is 4.90 Å². The first-order valence-corrected chi connectivity index (χ1v) is 8.19. The van der Waals surface area contributed by atoms with Crippen LogP contribution in [0.3, 0.4) is 0 Å². The molecule has 1 aliphatic rings. The molecule has 0 radical (unpaired) electrons. The lowest BCUT2D eigenvalue weighted by molar-refractivity contribution is -0.152. The van der Waals surface area contributed by atoms with Gasteiger partial charge in [0.05, 0.1) is 30.3 Å². The molecule has 0 unspecified atom stereocenters. The third-order valence-electron chi connectivity index (χ3n) is 3.44. The Balaban J connectivity index is 2.24. The molecule has 0 saturated carbocycles. The van der Waals surface area contributed by atoms with E-state index in [1.165, 1.54) is 0 Å². The van der Waals surface area contributed by atoms with Crippen LogP contribution in [0.15, 0.2) is 0 Å². The van der Waals surface area contributed by atoms with Crippen LogP contribution in [0.25, 0.3) is 0 Å². The molecule has 0 aliphatic carbocycles. The molecule has 128 valence electrons. The molecule has 0 aromatic carbocycles. The van der Waals surface area contributed by atoms with E-state index in [2.05, 4.69) is 10.1 Å². The molecule has 1 aliphatic heterocycles. The third kappa shape index (κ3) is 3.72. The van der Waals surface area contributed by atoms with E-state index in [9.17, 15) is 19.6 Å². The van der Waals surface area contributed by atoms with E-state index in [0.29, 0.717) is 36.7 Å². The Morgan fingerprint density at radius 1 is 1.38 bits per heavy atom. The Morgan fingerprint density at radius 3 is 2.62 bits per heavy atom. The fraction of sp³-hybridized carbons (Fsp3) is 0.467. The zero-order chi connectivity index (χ0) is 17.7. The fourth-order valence-corrected chi connectivity index (χ4v) is 3.32. The third-order valence-corrected chi connectivity index (χ3v) is 4.63. The van der Waals surface area contributed by atoms with Gasteiger partial charge in [0, 0.05) is 13.1 Å². The highest BCUT2D eigenvalue weighted by atomic mass is 32.1. The molecule has 8 nitrogen and oxygen atoms in total. The van der Waals surface area contributed by atoms with Gasteiger partial charge in [0.2, 0.25) is 0 Å². The fourth-order valence-electron chi connectivity index (χ4n) is 2.20. The number of carbonyl (C=O) groups excluding carboxylic acids is 3. The molecule has 0 spiro atoms. The van der Waals surface area contributed by atoms with Gasteiger partial charge in [0.25, 0.3) is 5.91 Å². The summed E-state index contributed by atoms with van der Waals surface area (Å²) in [7, 11) is 0. The van der Waals surface area contributed by atoms with E-state index >= 15 is 0 Å². The number of rotatable bonds is 3. The summed E-state index contributed by atoms with van der Waals surface area (Å²) in [4.78, 5) is 37.8. The highest BCUT2D eigenvalue weighted by molar-refractivity contribution is 7.18. The van der Waals surface area contributed by atoms with Gasteiger partial charge in [-0.25, -0.2) is 4.79 Å². The average Bonchev–Trinajstić information content (AvgIpc) is 2.90. The maximum absolute atomic E-state index is 12.6. The van der Waals surface area contributed by atoms with Crippen molar-refractivity contribution in [2.45, 2.75) is 13.8 Å². The van der Waals surface area contributed by atoms with Crippen LogP contribution in [-0.2, 0) is 19.1 Å². The summed E-state index contributed by atoms with van der Waals surface area (Å²) in [5, 5.41) is 11.8. The Hall–Kier alpha value is -2.44. The Kier molecular flexibility index (Phi) is 5.89. The van der Waals surface area contributed by atoms with Crippen molar-refractivity contribution in [3.63, 3.8) is 0 Å². The first kappa shape index (κ1) is 17.9. The average molecular weight is 351 g/mol. The van der Waals surface area contributed by atoms with Crippen molar-refractivity contribution in [2.75, 3.05) is 38.2 Å². The van der Waals surface area contributed by atoms with Crippen molar-refractivity contribution < 1.29 is 23.9 Å². The molecule has 24 heavy (non-hydrogen) atoms. The van der Waals surface area contributed by atoms with Crippen molar-refractivity contribution in [3.05, 3.63) is 16.0 Å². The van der Waals surface area contributed by atoms with Gasteiger partial charge in [-0.15, -0.1) is 11.3 Å². The lowest BCUT2D eigenvalue weighted by Gasteiger charge is -2.26. The minimum absolute atomic E-state index is 0.0710. The Labute approximate surface area is 142 Å². The molecule has 2 rings (SSSR count). The molecule has 1 N–H and O–H groups in total. The van der Waals surface area contributed by atoms with Gasteiger partial charge in [-0.05, 0) is 19.4 Å². The van der Waals surface area contributed by atoms with Crippen LogP contribution in [0.2, 0.25) is 0 Å². The number of anilines is 1. The lowest BCUT2D eigenvalue weighted by Crippen LogP contribution is -2.40. The van der Waals surface area contributed by atoms with Crippen LogP contribution in [0, 0.1) is 18.3 Å². The van der Waals surface area contributed by atoms with Gasteiger partial charge in [0.15, 0.2) is 0 Å². The lowest BCUT2D eigenvalue weighted by atomic mass is 10.1. The van der Waals surface area contributed by atoms with Crippen LogP contribution in [0.5, 0.6) is 0 Å². The van der Waals surface area contributed by atoms with Gasteiger partial charge < -0.3 is 19.7 Å². The normalized spacial score (nSPS) is 14.0. The molecule has 1 fully saturated rings. The van der Waals surface area contributed by atoms with Crippen LogP contribution >= 0.6 is 11.3 Å². The Morgan fingerprint density at radius 2 is 2.04 bits per heavy atom. The smallest absolute Gasteiger partial charge is 0.397 e. The van der Waals surface area contributed by atoms with Gasteiger partial charge in [-0.1, -0.05) is 0 Å². The summed E-state index contributed by atoms with van der Waals surface area (Å²) >= 11 is 0.982. The van der Waals surface area contributed by atoms with Crippen LogP contribution in [0.4, 0.5) is 5.00 Å². The number of morpholine rings is 1. The predicted octanol–water partition coefficient (Wildman–Crippen LogP) is 0.902. The highest BCUT2D eigenvalue weighted by Crippen LogP contribution is 2.33. The van der Waals surface area contributed by atoms with Crippen LogP contribution in [-0.4, -0.2) is 55.6 Å². The minimum atomic E-state index is -1.03. The number of hydrogen-bond acceptors (Lipinski definition) is 7. The van der Waals surface area contributed by atoms with Crippen LogP contribution < -0.4 is 5.32 Å². The molecule has 0 bridgehead atoms. The van der Waals surface area contributed by atoms with Gasteiger partial charge >= 0.3 is 11.9 Å². The van der Waals surface area contributed by atoms with E-state index in [1.807, 2.05) is 6.07 Å². The monoisotopic (exact) mass is 351 g/mol. The Bertz CT molecular complexity index is 701. The number of esters is 1. The van der Waals surface area contributed by atoms with E-state index in [-0.39, 0.29) is 23.1 Å². The molecule has 9 heteroatoms. The predicted molar refractivity (Wildman–Crippen MR) is 85.8 cm³/mol. The topological polar surface area (TPSA) is 109 Å². The van der Waals surface area contributed by atoms with E-state index in [0.717, 1.165) is 11.3 Å². The molecule has 2 amide bonds. The number of nitriles is 1. The second kappa shape index (κ2) is 7.90. The molecular weight excluding hydrogens is 334 g/mol. The summed E-state index contributed by atoms with van der Waals surface area (Å²) in [6.07, 6.45) is 0. The molecular formula is C15H17N3O5S. The van der Waals surface area contributed by atoms with Crippen molar-refractivity contribution in [3.8, 4) is 6.07 Å². The van der Waals surface area contributed by atoms with Gasteiger partial charge in [-0.2, -0.15) is 5.26 Å². The maximum Gasteiger partial charge on any atom is 0.397 e. The molecule has 0 atom stereocenters. The number of carbonyl (C=O) groups is 3. The number of thiophene rings is 1. The first-order chi connectivity index (χ1) is 11.5. The molecule has 2 heterocycles. The minimum Gasteiger partial charge on any atom is -0.459 e.